The Kier molecular flexibility index (Phi) is 4.50. The quantitative estimate of drug-likeness (QED) is 0.767. The van der Waals surface area contributed by atoms with Crippen molar-refractivity contribution in [1.29, 1.82) is 0 Å². The van der Waals surface area contributed by atoms with Crippen LogP contribution in [0.3, 0.4) is 0 Å². The van der Waals surface area contributed by atoms with Gasteiger partial charge in [-0.3, -0.25) is 0 Å². The van der Waals surface area contributed by atoms with Crippen LogP contribution in [0.15, 0.2) is 13.6 Å². The van der Waals surface area contributed by atoms with Crippen LogP contribution in [0.2, 0.25) is 0 Å². The maximum atomic E-state index is 10.4. The highest BCUT2D eigenvalue weighted by Crippen LogP contribution is 2.42. The van der Waals surface area contributed by atoms with Gasteiger partial charge in [0.25, 0.3) is 0 Å². The van der Waals surface area contributed by atoms with E-state index >= 15 is 0 Å². The van der Waals surface area contributed by atoms with Gasteiger partial charge in [0.05, 0.1) is 13.7 Å². The molecule has 0 bridgehead atoms. The van der Waals surface area contributed by atoms with Crippen LogP contribution in [0, 0.1) is 11.8 Å². The highest BCUT2D eigenvalue weighted by Gasteiger charge is 2.28. The highest BCUT2D eigenvalue weighted by molar-refractivity contribution is 9.12. The molecule has 1 aliphatic carbocycles. The number of hydrogen-bond donors (Lipinski definition) is 1. The van der Waals surface area contributed by atoms with E-state index in [2.05, 4.69) is 38.8 Å². The molecule has 4 heteroatoms. The highest BCUT2D eigenvalue weighted by atomic mass is 79.9. The number of aliphatic hydroxyl groups is 1. The predicted molar refractivity (Wildman–Crippen MR) is 75.8 cm³/mol. The summed E-state index contributed by atoms with van der Waals surface area (Å²) in [5.41, 5.74) is 1.05. The molecule has 1 saturated carbocycles. The van der Waals surface area contributed by atoms with Gasteiger partial charge in [0, 0.05) is 5.56 Å². The second-order valence-electron chi connectivity index (χ2n) is 4.76. The Balaban J connectivity index is 2.11. The average Bonchev–Trinajstić information content (AvgIpc) is 2.57. The van der Waals surface area contributed by atoms with Crippen molar-refractivity contribution in [3.8, 4) is 0 Å². The summed E-state index contributed by atoms with van der Waals surface area (Å²) in [5, 5.41) is 10.4. The molecule has 90 valence electrons. The van der Waals surface area contributed by atoms with Crippen molar-refractivity contribution >= 4 is 43.2 Å². The van der Waals surface area contributed by atoms with Gasteiger partial charge in [-0.2, -0.15) is 0 Å². The number of hydrogen-bond acceptors (Lipinski definition) is 2. The largest absolute Gasteiger partial charge is 0.388 e. The fourth-order valence-electron chi connectivity index (χ4n) is 2.58. The first-order valence-corrected chi connectivity index (χ1v) is 8.11. The van der Waals surface area contributed by atoms with Crippen LogP contribution in [0.4, 0.5) is 0 Å². The molecule has 1 nitrogen and oxygen atoms in total. The zero-order valence-corrected chi connectivity index (χ0v) is 13.2. The van der Waals surface area contributed by atoms with Gasteiger partial charge in [0.1, 0.15) is 0 Å². The molecule has 3 unspecified atom stereocenters. The lowest BCUT2D eigenvalue weighted by atomic mass is 9.78. The molecule has 1 aliphatic rings. The average molecular weight is 368 g/mol. The number of rotatable bonds is 2. The third-order valence-electron chi connectivity index (χ3n) is 3.43. The zero-order valence-electron chi connectivity index (χ0n) is 9.25. The molecule has 0 aliphatic heterocycles. The normalized spacial score (nSPS) is 28.0. The molecule has 0 aromatic carbocycles. The van der Waals surface area contributed by atoms with E-state index in [-0.39, 0.29) is 6.10 Å². The van der Waals surface area contributed by atoms with Crippen molar-refractivity contribution in [2.24, 2.45) is 11.8 Å². The van der Waals surface area contributed by atoms with Gasteiger partial charge in [0.15, 0.2) is 0 Å². The molecule has 0 spiro atoms. The lowest BCUT2D eigenvalue weighted by molar-refractivity contribution is 0.0712. The maximum absolute atomic E-state index is 10.4. The van der Waals surface area contributed by atoms with Crippen LogP contribution >= 0.6 is 43.2 Å². The fraction of sp³-hybridized carbons (Fsp3) is 0.667. The Morgan fingerprint density at radius 2 is 2.19 bits per heavy atom. The number of thiophene rings is 1. The van der Waals surface area contributed by atoms with Gasteiger partial charge >= 0.3 is 0 Å². The van der Waals surface area contributed by atoms with Gasteiger partial charge in [-0.15, -0.1) is 11.3 Å². The van der Waals surface area contributed by atoms with Gasteiger partial charge in [0.2, 0.25) is 0 Å². The summed E-state index contributed by atoms with van der Waals surface area (Å²) in [6.45, 7) is 2.29. The third kappa shape index (κ3) is 2.89. The van der Waals surface area contributed by atoms with E-state index in [1.165, 1.54) is 12.8 Å². The summed E-state index contributed by atoms with van der Waals surface area (Å²) < 4.78 is 2.14. The molecule has 1 N–H and O–H groups in total. The molecule has 1 aromatic rings. The van der Waals surface area contributed by atoms with E-state index in [9.17, 15) is 5.11 Å². The molecule has 0 saturated heterocycles. The van der Waals surface area contributed by atoms with Gasteiger partial charge in [-0.05, 0) is 62.6 Å². The van der Waals surface area contributed by atoms with Crippen LogP contribution in [0.25, 0.3) is 0 Å². The van der Waals surface area contributed by atoms with Crippen LogP contribution in [0.1, 0.15) is 44.3 Å². The van der Waals surface area contributed by atoms with Gasteiger partial charge in [-0.25, -0.2) is 0 Å². The molecule has 16 heavy (non-hydrogen) atoms. The zero-order chi connectivity index (χ0) is 11.7. The molecule has 1 heterocycles. The van der Waals surface area contributed by atoms with Gasteiger partial charge in [-0.1, -0.05) is 19.8 Å². The summed E-state index contributed by atoms with van der Waals surface area (Å²) in [7, 11) is 0. The number of halogens is 2. The van der Waals surface area contributed by atoms with E-state index in [0.29, 0.717) is 5.92 Å². The Bertz CT molecular complexity index is 364. The second-order valence-corrected chi connectivity index (χ2v) is 8.51. The van der Waals surface area contributed by atoms with E-state index in [0.717, 1.165) is 31.9 Å². The van der Waals surface area contributed by atoms with E-state index in [1.54, 1.807) is 11.3 Å². The Hall–Kier alpha value is 0.620. The van der Waals surface area contributed by atoms with Crippen LogP contribution < -0.4 is 0 Å². The first-order chi connectivity index (χ1) is 7.58. The molecular formula is C12H16Br2OS. The van der Waals surface area contributed by atoms with Crippen molar-refractivity contribution in [2.75, 3.05) is 0 Å². The van der Waals surface area contributed by atoms with Crippen molar-refractivity contribution in [2.45, 2.75) is 38.7 Å². The second kappa shape index (κ2) is 5.51. The Labute approximate surface area is 118 Å². The summed E-state index contributed by atoms with van der Waals surface area (Å²) in [6.07, 6.45) is 4.58. The number of aliphatic hydroxyl groups excluding tert-OH is 1. The molecule has 3 atom stereocenters. The van der Waals surface area contributed by atoms with Crippen molar-refractivity contribution in [3.63, 3.8) is 0 Å². The summed E-state index contributed by atoms with van der Waals surface area (Å²) >= 11 is 8.63. The summed E-state index contributed by atoms with van der Waals surface area (Å²) in [6, 6.07) is 2.04. The van der Waals surface area contributed by atoms with Crippen molar-refractivity contribution < 1.29 is 5.11 Å². The lowest BCUT2D eigenvalue weighted by Crippen LogP contribution is -2.20. The minimum atomic E-state index is -0.306. The Morgan fingerprint density at radius 1 is 1.44 bits per heavy atom. The van der Waals surface area contributed by atoms with E-state index in [1.807, 2.05) is 6.07 Å². The first kappa shape index (κ1) is 13.1. The molecule has 0 radical (unpaired) electrons. The monoisotopic (exact) mass is 366 g/mol. The van der Waals surface area contributed by atoms with Gasteiger partial charge < -0.3 is 5.11 Å². The minimum Gasteiger partial charge on any atom is -0.388 e. The smallest absolute Gasteiger partial charge is 0.0837 e. The minimum absolute atomic E-state index is 0.306. The van der Waals surface area contributed by atoms with Crippen molar-refractivity contribution in [1.82, 2.24) is 0 Å². The third-order valence-corrected chi connectivity index (χ3v) is 5.81. The maximum Gasteiger partial charge on any atom is 0.0837 e. The lowest BCUT2D eigenvalue weighted by Gasteiger charge is -2.30. The predicted octanol–water partition coefficient (Wildman–Crippen LogP) is 5.13. The van der Waals surface area contributed by atoms with Crippen LogP contribution in [-0.2, 0) is 0 Å². The first-order valence-electron chi connectivity index (χ1n) is 5.70. The standard InChI is InChI=1S/C12H16Br2OS/c1-7-3-2-4-8(5-7)11(15)9-6-10(13)16-12(9)14/h6-8,11,15H,2-5H2,1H3. The SMILES string of the molecule is CC1CCCC(C(O)c2cc(Br)sc2Br)C1. The topological polar surface area (TPSA) is 20.2 Å². The Morgan fingerprint density at radius 3 is 2.75 bits per heavy atom. The molecule has 2 rings (SSSR count). The van der Waals surface area contributed by atoms with Crippen LogP contribution in [0.5, 0.6) is 0 Å². The summed E-state index contributed by atoms with van der Waals surface area (Å²) in [5.74, 6) is 1.19. The van der Waals surface area contributed by atoms with E-state index in [4.69, 9.17) is 0 Å². The molecule has 1 fully saturated rings. The van der Waals surface area contributed by atoms with E-state index < -0.39 is 0 Å². The molecule has 0 amide bonds. The molecule has 1 aromatic heterocycles. The fourth-order valence-corrected chi connectivity index (χ4v) is 5.49. The van der Waals surface area contributed by atoms with Crippen LogP contribution in [-0.4, -0.2) is 5.11 Å². The van der Waals surface area contributed by atoms with Crippen molar-refractivity contribution in [3.05, 3.63) is 19.2 Å². The summed E-state index contributed by atoms with van der Waals surface area (Å²) in [4.78, 5) is 0. The molecular weight excluding hydrogens is 352 g/mol.